The van der Waals surface area contributed by atoms with Gasteiger partial charge in [0, 0.05) is 17.8 Å². The first-order valence-electron chi connectivity index (χ1n) is 8.58. The Morgan fingerprint density at radius 1 is 0.923 bits per heavy atom. The summed E-state index contributed by atoms with van der Waals surface area (Å²) in [4.78, 5) is 23.9. The summed E-state index contributed by atoms with van der Waals surface area (Å²) < 4.78 is 10.7. The molecule has 6 heteroatoms. The predicted octanol–water partition coefficient (Wildman–Crippen LogP) is 3.84. The zero-order valence-corrected chi connectivity index (χ0v) is 15.1. The van der Waals surface area contributed by atoms with Crippen LogP contribution in [-0.4, -0.2) is 25.5 Å². The Hall–Kier alpha value is -3.02. The smallest absolute Gasteiger partial charge is 0.262 e. The summed E-state index contributed by atoms with van der Waals surface area (Å²) in [6, 6.07) is 14.1. The lowest BCUT2D eigenvalue weighted by molar-refractivity contribution is -0.118. The van der Waals surface area contributed by atoms with E-state index in [1.807, 2.05) is 13.0 Å². The zero-order chi connectivity index (χ0) is 18.8. The van der Waals surface area contributed by atoms with Gasteiger partial charge in [0.25, 0.3) is 5.91 Å². The molecule has 0 radical (unpaired) electrons. The predicted molar refractivity (Wildman–Crippen MR) is 102 cm³/mol. The number of hydrogen-bond acceptors (Lipinski definition) is 4. The second-order valence-corrected chi connectivity index (χ2v) is 5.72. The van der Waals surface area contributed by atoms with Crippen LogP contribution in [0.25, 0.3) is 0 Å². The van der Waals surface area contributed by atoms with E-state index in [1.165, 1.54) is 0 Å². The minimum Gasteiger partial charge on any atom is -0.493 e. The molecule has 2 amide bonds. The van der Waals surface area contributed by atoms with E-state index >= 15 is 0 Å². The quantitative estimate of drug-likeness (QED) is 0.716. The van der Waals surface area contributed by atoms with Gasteiger partial charge in [-0.1, -0.05) is 31.5 Å². The normalized spacial score (nSPS) is 10.1. The van der Waals surface area contributed by atoms with Crippen molar-refractivity contribution in [3.05, 3.63) is 48.5 Å². The molecule has 0 fully saturated rings. The van der Waals surface area contributed by atoms with Crippen molar-refractivity contribution in [3.8, 4) is 11.5 Å². The Morgan fingerprint density at radius 3 is 2.23 bits per heavy atom. The van der Waals surface area contributed by atoms with Crippen LogP contribution < -0.4 is 20.1 Å². The Morgan fingerprint density at radius 2 is 1.58 bits per heavy atom. The van der Waals surface area contributed by atoms with Crippen molar-refractivity contribution in [2.75, 3.05) is 24.4 Å². The van der Waals surface area contributed by atoms with Crippen molar-refractivity contribution in [2.24, 2.45) is 0 Å². The first kappa shape index (κ1) is 19.3. The van der Waals surface area contributed by atoms with Gasteiger partial charge in [0.05, 0.1) is 7.11 Å². The van der Waals surface area contributed by atoms with Crippen LogP contribution in [0, 0.1) is 0 Å². The van der Waals surface area contributed by atoms with Gasteiger partial charge < -0.3 is 20.1 Å². The lowest BCUT2D eigenvalue weighted by Gasteiger charge is -2.11. The van der Waals surface area contributed by atoms with Crippen LogP contribution in [-0.2, 0) is 9.59 Å². The molecule has 6 nitrogen and oxygen atoms in total. The fourth-order valence-corrected chi connectivity index (χ4v) is 2.31. The van der Waals surface area contributed by atoms with E-state index in [0.29, 0.717) is 29.3 Å². The number of benzene rings is 2. The van der Waals surface area contributed by atoms with Crippen molar-refractivity contribution >= 4 is 23.2 Å². The molecule has 0 aliphatic carbocycles. The van der Waals surface area contributed by atoms with E-state index in [0.717, 1.165) is 12.8 Å². The van der Waals surface area contributed by atoms with Crippen LogP contribution in [0.5, 0.6) is 11.5 Å². The third-order valence-corrected chi connectivity index (χ3v) is 3.62. The fourth-order valence-electron chi connectivity index (χ4n) is 2.31. The molecule has 0 atom stereocenters. The molecule has 2 aromatic rings. The molecule has 26 heavy (non-hydrogen) atoms. The van der Waals surface area contributed by atoms with Crippen LogP contribution in [0.1, 0.15) is 26.2 Å². The van der Waals surface area contributed by atoms with Crippen molar-refractivity contribution in [1.82, 2.24) is 0 Å². The van der Waals surface area contributed by atoms with E-state index in [-0.39, 0.29) is 18.4 Å². The number of rotatable bonds is 9. The SMILES string of the molecule is CCCCC(=O)Nc1cccc(NC(=O)COc2ccccc2OC)c1. The summed E-state index contributed by atoms with van der Waals surface area (Å²) in [5, 5.41) is 5.58. The number of ether oxygens (including phenoxy) is 2. The van der Waals surface area contributed by atoms with Crippen LogP contribution in [0.3, 0.4) is 0 Å². The Balaban J connectivity index is 1.88. The van der Waals surface area contributed by atoms with Crippen LogP contribution in [0.15, 0.2) is 48.5 Å². The highest BCUT2D eigenvalue weighted by molar-refractivity contribution is 5.94. The fraction of sp³-hybridized carbons (Fsp3) is 0.300. The molecule has 0 heterocycles. The highest BCUT2D eigenvalue weighted by atomic mass is 16.5. The number of para-hydroxylation sites is 2. The maximum absolute atomic E-state index is 12.1. The molecular formula is C20H24N2O4. The average Bonchev–Trinajstić information content (AvgIpc) is 2.65. The van der Waals surface area contributed by atoms with Crippen LogP contribution in [0.4, 0.5) is 11.4 Å². The molecule has 0 aromatic heterocycles. The molecular weight excluding hydrogens is 332 g/mol. The maximum Gasteiger partial charge on any atom is 0.262 e. The number of methoxy groups -OCH3 is 1. The lowest BCUT2D eigenvalue weighted by Crippen LogP contribution is -2.20. The Kier molecular flexibility index (Phi) is 7.49. The molecule has 2 aromatic carbocycles. The summed E-state index contributed by atoms with van der Waals surface area (Å²) in [7, 11) is 1.54. The Bertz CT molecular complexity index is 746. The molecule has 0 saturated heterocycles. The minimum atomic E-state index is -0.301. The van der Waals surface area contributed by atoms with Gasteiger partial charge in [-0.15, -0.1) is 0 Å². The van der Waals surface area contributed by atoms with Crippen molar-refractivity contribution in [1.29, 1.82) is 0 Å². The van der Waals surface area contributed by atoms with E-state index in [4.69, 9.17) is 9.47 Å². The number of nitrogens with one attached hydrogen (secondary N) is 2. The Labute approximate surface area is 153 Å². The second kappa shape index (κ2) is 10.1. The summed E-state index contributed by atoms with van der Waals surface area (Å²) in [6.07, 6.45) is 2.30. The molecule has 0 spiro atoms. The summed E-state index contributed by atoms with van der Waals surface area (Å²) in [5.74, 6) is 0.736. The lowest BCUT2D eigenvalue weighted by atomic mass is 10.2. The van der Waals surface area contributed by atoms with Crippen molar-refractivity contribution in [3.63, 3.8) is 0 Å². The van der Waals surface area contributed by atoms with Gasteiger partial charge in [-0.05, 0) is 36.8 Å². The standard InChI is InChI=1S/C20H24N2O4/c1-3-4-12-19(23)21-15-8-7-9-16(13-15)22-20(24)14-26-18-11-6-5-10-17(18)25-2/h5-11,13H,3-4,12,14H2,1-2H3,(H,21,23)(H,22,24). The zero-order valence-electron chi connectivity index (χ0n) is 15.1. The monoisotopic (exact) mass is 356 g/mol. The van der Waals surface area contributed by atoms with Crippen LogP contribution in [0.2, 0.25) is 0 Å². The van der Waals surface area contributed by atoms with Gasteiger partial charge in [-0.25, -0.2) is 0 Å². The molecule has 138 valence electrons. The molecule has 2 rings (SSSR count). The maximum atomic E-state index is 12.1. The average molecular weight is 356 g/mol. The van der Waals surface area contributed by atoms with Gasteiger partial charge in [0.1, 0.15) is 0 Å². The van der Waals surface area contributed by atoms with Gasteiger partial charge in [0.2, 0.25) is 5.91 Å². The minimum absolute atomic E-state index is 0.0326. The second-order valence-electron chi connectivity index (χ2n) is 5.72. The first-order valence-corrected chi connectivity index (χ1v) is 8.58. The molecule has 0 aliphatic rings. The molecule has 0 saturated carbocycles. The van der Waals surface area contributed by atoms with Crippen LogP contribution >= 0.6 is 0 Å². The first-order chi connectivity index (χ1) is 12.6. The highest BCUT2D eigenvalue weighted by Gasteiger charge is 2.08. The third kappa shape index (κ3) is 6.12. The summed E-state index contributed by atoms with van der Waals surface area (Å²) in [6.45, 7) is 1.89. The van der Waals surface area contributed by atoms with Crippen molar-refractivity contribution in [2.45, 2.75) is 26.2 Å². The molecule has 0 bridgehead atoms. The number of unbranched alkanes of at least 4 members (excludes halogenated alkanes) is 1. The summed E-state index contributed by atoms with van der Waals surface area (Å²) in [5.41, 5.74) is 1.24. The van der Waals surface area contributed by atoms with E-state index < -0.39 is 0 Å². The number of amides is 2. The molecule has 0 aliphatic heterocycles. The van der Waals surface area contributed by atoms with Gasteiger partial charge in [-0.3, -0.25) is 9.59 Å². The summed E-state index contributed by atoms with van der Waals surface area (Å²) >= 11 is 0. The number of carbonyl (C=O) groups excluding carboxylic acids is 2. The van der Waals surface area contributed by atoms with E-state index in [2.05, 4.69) is 10.6 Å². The number of carbonyl (C=O) groups is 2. The van der Waals surface area contributed by atoms with Gasteiger partial charge >= 0.3 is 0 Å². The molecule has 0 unspecified atom stereocenters. The van der Waals surface area contributed by atoms with E-state index in [1.54, 1.807) is 49.6 Å². The van der Waals surface area contributed by atoms with E-state index in [9.17, 15) is 9.59 Å². The molecule has 2 N–H and O–H groups in total. The topological polar surface area (TPSA) is 76.7 Å². The number of hydrogen-bond donors (Lipinski definition) is 2. The number of anilines is 2. The third-order valence-electron chi connectivity index (χ3n) is 3.62. The highest BCUT2D eigenvalue weighted by Crippen LogP contribution is 2.25. The van der Waals surface area contributed by atoms with Gasteiger partial charge in [-0.2, -0.15) is 0 Å². The van der Waals surface area contributed by atoms with Crippen molar-refractivity contribution < 1.29 is 19.1 Å². The van der Waals surface area contributed by atoms with Gasteiger partial charge in [0.15, 0.2) is 18.1 Å². The largest absolute Gasteiger partial charge is 0.493 e.